The average molecular weight is 426 g/mol. The van der Waals surface area contributed by atoms with Gasteiger partial charge in [0.05, 0.1) is 6.54 Å². The fraction of sp³-hybridized carbons (Fsp3) is 0.542. The standard InChI is InChI=1S/C24H31N3O4/c1-16-12-17(2)26-23(13-16)25-15-24(26,22-11-10-21(31-22)14-30-19(4)29)27(18(3)28)20-8-6-5-7-9-20/h10-13,20H,5-9,14-15H2,1-4H3. The molecule has 1 aliphatic carbocycles. The lowest BCUT2D eigenvalue weighted by Gasteiger charge is -2.50. The second-order valence-corrected chi connectivity index (χ2v) is 8.73. The number of amidine groups is 1. The number of fused-ring (bicyclic) bond motifs is 1. The van der Waals surface area contributed by atoms with Gasteiger partial charge in [-0.1, -0.05) is 19.3 Å². The highest BCUT2D eigenvalue weighted by Gasteiger charge is 2.55. The molecule has 1 aromatic heterocycles. The molecule has 3 heterocycles. The molecule has 1 aromatic rings. The van der Waals surface area contributed by atoms with Crippen LogP contribution in [0.1, 0.15) is 71.3 Å². The summed E-state index contributed by atoms with van der Waals surface area (Å²) in [4.78, 5) is 33.4. The second kappa shape index (κ2) is 8.36. The monoisotopic (exact) mass is 425 g/mol. The topological polar surface area (TPSA) is 75.3 Å². The van der Waals surface area contributed by atoms with Gasteiger partial charge in [0, 0.05) is 25.6 Å². The minimum Gasteiger partial charge on any atom is -0.458 e. The lowest BCUT2D eigenvalue weighted by atomic mass is 9.89. The van der Waals surface area contributed by atoms with Crippen LogP contribution in [0.5, 0.6) is 0 Å². The van der Waals surface area contributed by atoms with Gasteiger partial charge < -0.3 is 14.1 Å². The average Bonchev–Trinajstić information content (AvgIpc) is 3.33. The zero-order valence-corrected chi connectivity index (χ0v) is 18.8. The van der Waals surface area contributed by atoms with Crippen LogP contribution in [0, 0.1) is 0 Å². The van der Waals surface area contributed by atoms with E-state index >= 15 is 0 Å². The molecular formula is C24H31N3O4. The molecule has 1 saturated carbocycles. The van der Waals surface area contributed by atoms with Crippen molar-refractivity contribution in [3.05, 3.63) is 47.1 Å². The molecular weight excluding hydrogens is 394 g/mol. The van der Waals surface area contributed by atoms with Gasteiger partial charge in [-0.15, -0.1) is 0 Å². The van der Waals surface area contributed by atoms with Crippen molar-refractivity contribution in [2.45, 2.75) is 78.1 Å². The summed E-state index contributed by atoms with van der Waals surface area (Å²) in [5.41, 5.74) is 1.29. The van der Waals surface area contributed by atoms with Crippen LogP contribution >= 0.6 is 0 Å². The van der Waals surface area contributed by atoms with E-state index in [4.69, 9.17) is 14.1 Å². The van der Waals surface area contributed by atoms with Gasteiger partial charge in [0.15, 0.2) is 5.76 Å². The van der Waals surface area contributed by atoms with Gasteiger partial charge in [0.25, 0.3) is 0 Å². The molecule has 31 heavy (non-hydrogen) atoms. The van der Waals surface area contributed by atoms with Crippen LogP contribution in [0.25, 0.3) is 0 Å². The van der Waals surface area contributed by atoms with E-state index in [1.165, 1.54) is 13.3 Å². The summed E-state index contributed by atoms with van der Waals surface area (Å²) >= 11 is 0. The summed E-state index contributed by atoms with van der Waals surface area (Å²) in [6.07, 6.45) is 9.54. The number of nitrogens with zero attached hydrogens (tertiary/aromatic N) is 3. The molecule has 1 amide bonds. The number of rotatable bonds is 5. The van der Waals surface area contributed by atoms with Crippen LogP contribution in [0.3, 0.4) is 0 Å². The van der Waals surface area contributed by atoms with Gasteiger partial charge in [-0.2, -0.15) is 0 Å². The van der Waals surface area contributed by atoms with Crippen molar-refractivity contribution >= 4 is 17.7 Å². The zero-order chi connectivity index (χ0) is 22.2. The van der Waals surface area contributed by atoms with E-state index in [9.17, 15) is 9.59 Å². The Morgan fingerprint density at radius 2 is 1.94 bits per heavy atom. The highest BCUT2D eigenvalue weighted by Crippen LogP contribution is 2.45. The maximum Gasteiger partial charge on any atom is 0.303 e. The van der Waals surface area contributed by atoms with E-state index in [0.29, 0.717) is 18.1 Å². The Morgan fingerprint density at radius 3 is 2.61 bits per heavy atom. The first-order chi connectivity index (χ1) is 14.8. The third-order valence-electron chi connectivity index (χ3n) is 6.36. The molecule has 4 rings (SSSR count). The minimum absolute atomic E-state index is 0.0142. The van der Waals surface area contributed by atoms with Gasteiger partial charge in [0.1, 0.15) is 18.2 Å². The van der Waals surface area contributed by atoms with Crippen LogP contribution in [0.4, 0.5) is 0 Å². The zero-order valence-electron chi connectivity index (χ0n) is 18.8. The van der Waals surface area contributed by atoms with Crippen molar-refractivity contribution < 1.29 is 18.7 Å². The van der Waals surface area contributed by atoms with E-state index in [1.807, 2.05) is 24.0 Å². The predicted octanol–water partition coefficient (Wildman–Crippen LogP) is 4.25. The first-order valence-corrected chi connectivity index (χ1v) is 11.1. The number of aliphatic imine (C=N–C) groups is 1. The summed E-state index contributed by atoms with van der Waals surface area (Å²) in [5, 5.41) is 0. The molecule has 7 nitrogen and oxygen atoms in total. The lowest BCUT2D eigenvalue weighted by Crippen LogP contribution is -2.62. The van der Waals surface area contributed by atoms with Crippen LogP contribution in [-0.2, 0) is 26.6 Å². The van der Waals surface area contributed by atoms with Gasteiger partial charge in [0.2, 0.25) is 11.6 Å². The van der Waals surface area contributed by atoms with Gasteiger partial charge in [-0.05, 0) is 56.5 Å². The quantitative estimate of drug-likeness (QED) is 0.659. The molecule has 1 atom stereocenters. The molecule has 0 radical (unpaired) electrons. The fourth-order valence-corrected chi connectivity index (χ4v) is 5.24. The van der Waals surface area contributed by atoms with Crippen molar-refractivity contribution in [1.82, 2.24) is 9.80 Å². The number of carbonyl (C=O) groups is 2. The van der Waals surface area contributed by atoms with E-state index in [0.717, 1.165) is 42.8 Å². The lowest BCUT2D eigenvalue weighted by molar-refractivity contribution is -0.148. The van der Waals surface area contributed by atoms with Crippen molar-refractivity contribution in [2.75, 3.05) is 6.54 Å². The Balaban J connectivity index is 1.81. The van der Waals surface area contributed by atoms with Gasteiger partial charge >= 0.3 is 5.97 Å². The maximum absolute atomic E-state index is 13.2. The minimum atomic E-state index is -0.866. The van der Waals surface area contributed by atoms with E-state index in [2.05, 4.69) is 24.0 Å². The molecule has 1 fully saturated rings. The number of furan rings is 1. The van der Waals surface area contributed by atoms with E-state index in [1.54, 1.807) is 6.92 Å². The largest absolute Gasteiger partial charge is 0.458 e. The Labute approximate surface area is 183 Å². The van der Waals surface area contributed by atoms with Crippen molar-refractivity contribution in [2.24, 2.45) is 4.99 Å². The Kier molecular flexibility index (Phi) is 5.77. The van der Waals surface area contributed by atoms with Crippen LogP contribution < -0.4 is 0 Å². The number of hydrogen-bond donors (Lipinski definition) is 0. The summed E-state index contributed by atoms with van der Waals surface area (Å²) in [6.45, 7) is 7.58. The highest BCUT2D eigenvalue weighted by molar-refractivity contribution is 5.99. The first kappa shape index (κ1) is 21.4. The van der Waals surface area contributed by atoms with Crippen molar-refractivity contribution in [3.63, 3.8) is 0 Å². The van der Waals surface area contributed by atoms with Crippen molar-refractivity contribution in [3.8, 4) is 0 Å². The van der Waals surface area contributed by atoms with Crippen molar-refractivity contribution in [1.29, 1.82) is 0 Å². The first-order valence-electron chi connectivity index (χ1n) is 11.1. The predicted molar refractivity (Wildman–Crippen MR) is 117 cm³/mol. The van der Waals surface area contributed by atoms with Crippen LogP contribution in [0.2, 0.25) is 0 Å². The molecule has 0 bridgehead atoms. The van der Waals surface area contributed by atoms with Gasteiger partial charge in [-0.25, -0.2) is 0 Å². The number of hydrogen-bond acceptors (Lipinski definition) is 6. The number of amides is 1. The Bertz CT molecular complexity index is 967. The SMILES string of the molecule is CC(=O)OCc1ccc(C2(N(C(C)=O)C3CCCCC3)CN=C3C=C(C)C=C(C)N32)o1. The molecule has 3 aliphatic rings. The number of ether oxygens (including phenoxy) is 1. The number of esters is 1. The molecule has 2 aliphatic heterocycles. The van der Waals surface area contributed by atoms with E-state index < -0.39 is 5.66 Å². The highest BCUT2D eigenvalue weighted by atomic mass is 16.5. The fourth-order valence-electron chi connectivity index (χ4n) is 5.24. The van der Waals surface area contributed by atoms with Crippen LogP contribution in [-0.4, -0.2) is 40.1 Å². The third-order valence-corrected chi connectivity index (χ3v) is 6.36. The molecule has 1 unspecified atom stereocenters. The molecule has 7 heteroatoms. The molecule has 166 valence electrons. The number of carbonyl (C=O) groups excluding carboxylic acids is 2. The summed E-state index contributed by atoms with van der Waals surface area (Å²) < 4.78 is 11.4. The summed E-state index contributed by atoms with van der Waals surface area (Å²) in [5.74, 6) is 1.70. The van der Waals surface area contributed by atoms with Crippen LogP contribution in [0.15, 0.2) is 45.0 Å². The van der Waals surface area contributed by atoms with E-state index in [-0.39, 0.29) is 24.5 Å². The second-order valence-electron chi connectivity index (χ2n) is 8.73. The molecule has 0 N–H and O–H groups in total. The third kappa shape index (κ3) is 3.82. The Morgan fingerprint density at radius 1 is 1.19 bits per heavy atom. The Hall–Kier alpha value is -2.83. The normalized spacial score (nSPS) is 23.6. The molecule has 0 aromatic carbocycles. The maximum atomic E-state index is 13.2. The smallest absolute Gasteiger partial charge is 0.303 e. The summed E-state index contributed by atoms with van der Waals surface area (Å²) in [6, 6.07) is 3.85. The summed E-state index contributed by atoms with van der Waals surface area (Å²) in [7, 11) is 0. The molecule has 0 saturated heterocycles. The molecule has 0 spiro atoms. The van der Waals surface area contributed by atoms with Gasteiger partial charge in [-0.3, -0.25) is 19.5 Å². The number of allylic oxidation sites excluding steroid dienone is 3.